The summed E-state index contributed by atoms with van der Waals surface area (Å²) in [6.07, 6.45) is 0.619. The Morgan fingerprint density at radius 1 is 1.30 bits per heavy atom. The molecule has 0 heterocycles. The lowest BCUT2D eigenvalue weighted by atomic mass is 9.99. The maximum atomic E-state index is 12.1. The van der Waals surface area contributed by atoms with Crippen LogP contribution in [0.3, 0.4) is 0 Å². The quantitative estimate of drug-likeness (QED) is 0.868. The van der Waals surface area contributed by atoms with Crippen LogP contribution in [0.15, 0.2) is 18.2 Å². The van der Waals surface area contributed by atoms with E-state index in [0.29, 0.717) is 19.6 Å². The first-order valence-corrected chi connectivity index (χ1v) is 7.02. The third kappa shape index (κ3) is 4.53. The summed E-state index contributed by atoms with van der Waals surface area (Å²) >= 11 is 0. The SMILES string of the molecule is CCC(C)(N)C(=O)N(C)CCOc1cc(C)cc(C)c1. The smallest absolute Gasteiger partial charge is 0.242 e. The van der Waals surface area contributed by atoms with E-state index < -0.39 is 5.54 Å². The Kier molecular flexibility index (Phi) is 5.57. The fourth-order valence-electron chi connectivity index (χ4n) is 2.01. The normalized spacial score (nSPS) is 13.7. The third-order valence-corrected chi connectivity index (χ3v) is 3.46. The van der Waals surface area contributed by atoms with E-state index in [0.717, 1.165) is 5.75 Å². The Labute approximate surface area is 121 Å². The molecule has 1 rings (SSSR count). The number of likely N-dealkylation sites (N-methyl/N-ethyl adjacent to an activating group) is 1. The number of hydrogen-bond donors (Lipinski definition) is 1. The van der Waals surface area contributed by atoms with Gasteiger partial charge < -0.3 is 15.4 Å². The molecule has 0 spiro atoms. The van der Waals surface area contributed by atoms with Crippen molar-refractivity contribution in [1.82, 2.24) is 4.90 Å². The van der Waals surface area contributed by atoms with E-state index in [4.69, 9.17) is 10.5 Å². The second-order valence-electron chi connectivity index (χ2n) is 5.67. The van der Waals surface area contributed by atoms with Gasteiger partial charge in [0, 0.05) is 7.05 Å². The lowest BCUT2D eigenvalue weighted by molar-refractivity contribution is -0.135. The van der Waals surface area contributed by atoms with Crippen molar-refractivity contribution in [3.8, 4) is 5.75 Å². The van der Waals surface area contributed by atoms with E-state index in [-0.39, 0.29) is 5.91 Å². The number of nitrogens with zero attached hydrogens (tertiary/aromatic N) is 1. The number of aryl methyl sites for hydroxylation is 2. The summed E-state index contributed by atoms with van der Waals surface area (Å²) in [6, 6.07) is 6.09. The summed E-state index contributed by atoms with van der Waals surface area (Å²) in [6.45, 7) is 8.74. The van der Waals surface area contributed by atoms with Gasteiger partial charge in [0.05, 0.1) is 12.1 Å². The van der Waals surface area contributed by atoms with Crippen LogP contribution in [-0.4, -0.2) is 36.5 Å². The molecule has 0 aromatic heterocycles. The molecule has 0 aliphatic rings. The minimum Gasteiger partial charge on any atom is -0.492 e. The minimum atomic E-state index is -0.797. The molecule has 0 aliphatic heterocycles. The van der Waals surface area contributed by atoms with Crippen molar-refractivity contribution in [2.45, 2.75) is 39.7 Å². The van der Waals surface area contributed by atoms with Crippen molar-refractivity contribution < 1.29 is 9.53 Å². The monoisotopic (exact) mass is 278 g/mol. The standard InChI is InChI=1S/C16H26N2O2/c1-6-16(4,17)15(19)18(5)7-8-20-14-10-12(2)9-13(3)11-14/h9-11H,6-8,17H2,1-5H3. The number of carbonyl (C=O) groups is 1. The highest BCUT2D eigenvalue weighted by Gasteiger charge is 2.28. The molecular weight excluding hydrogens is 252 g/mol. The van der Waals surface area contributed by atoms with Gasteiger partial charge in [-0.3, -0.25) is 4.79 Å². The van der Waals surface area contributed by atoms with E-state index in [1.54, 1.807) is 18.9 Å². The Balaban J connectivity index is 2.50. The number of carbonyl (C=O) groups excluding carboxylic acids is 1. The number of hydrogen-bond acceptors (Lipinski definition) is 3. The van der Waals surface area contributed by atoms with Gasteiger partial charge in [-0.15, -0.1) is 0 Å². The van der Waals surface area contributed by atoms with Crippen molar-refractivity contribution in [3.05, 3.63) is 29.3 Å². The first-order chi connectivity index (χ1) is 9.26. The van der Waals surface area contributed by atoms with Crippen LogP contribution in [0, 0.1) is 13.8 Å². The molecule has 0 bridgehead atoms. The van der Waals surface area contributed by atoms with E-state index >= 15 is 0 Å². The molecule has 1 unspecified atom stereocenters. The molecule has 1 aromatic carbocycles. The summed E-state index contributed by atoms with van der Waals surface area (Å²) in [5.74, 6) is 0.790. The van der Waals surface area contributed by atoms with Gasteiger partial charge in [-0.1, -0.05) is 13.0 Å². The minimum absolute atomic E-state index is 0.0518. The van der Waals surface area contributed by atoms with E-state index in [9.17, 15) is 4.79 Å². The van der Waals surface area contributed by atoms with Crippen LogP contribution in [0.25, 0.3) is 0 Å². The highest BCUT2D eigenvalue weighted by atomic mass is 16.5. The van der Waals surface area contributed by atoms with Crippen LogP contribution in [0.5, 0.6) is 5.75 Å². The molecule has 0 saturated carbocycles. The highest BCUT2D eigenvalue weighted by molar-refractivity contribution is 5.85. The molecule has 0 saturated heterocycles. The zero-order valence-electron chi connectivity index (χ0n) is 13.2. The molecule has 0 fully saturated rings. The van der Waals surface area contributed by atoms with Crippen molar-refractivity contribution in [2.75, 3.05) is 20.2 Å². The molecular formula is C16H26N2O2. The summed E-state index contributed by atoms with van der Waals surface area (Å²) in [4.78, 5) is 13.7. The van der Waals surface area contributed by atoms with Crippen molar-refractivity contribution >= 4 is 5.91 Å². The van der Waals surface area contributed by atoms with Crippen LogP contribution in [-0.2, 0) is 4.79 Å². The van der Waals surface area contributed by atoms with Gasteiger partial charge in [-0.05, 0) is 50.5 Å². The van der Waals surface area contributed by atoms with Crippen LogP contribution in [0.2, 0.25) is 0 Å². The lowest BCUT2D eigenvalue weighted by Crippen LogP contribution is -2.52. The number of benzene rings is 1. The average Bonchev–Trinajstić information content (AvgIpc) is 2.36. The fourth-order valence-corrected chi connectivity index (χ4v) is 2.01. The summed E-state index contributed by atoms with van der Waals surface area (Å²) < 4.78 is 5.70. The fraction of sp³-hybridized carbons (Fsp3) is 0.562. The van der Waals surface area contributed by atoms with Gasteiger partial charge in [-0.2, -0.15) is 0 Å². The third-order valence-electron chi connectivity index (χ3n) is 3.46. The molecule has 4 nitrogen and oxygen atoms in total. The lowest BCUT2D eigenvalue weighted by Gasteiger charge is -2.28. The van der Waals surface area contributed by atoms with E-state index in [1.807, 2.05) is 32.9 Å². The first-order valence-electron chi connectivity index (χ1n) is 7.02. The second kappa shape index (κ2) is 6.75. The van der Waals surface area contributed by atoms with Crippen LogP contribution < -0.4 is 10.5 Å². The van der Waals surface area contributed by atoms with Crippen LogP contribution >= 0.6 is 0 Å². The average molecular weight is 278 g/mol. The molecule has 4 heteroatoms. The topological polar surface area (TPSA) is 55.6 Å². The van der Waals surface area contributed by atoms with Crippen molar-refractivity contribution in [3.63, 3.8) is 0 Å². The second-order valence-corrected chi connectivity index (χ2v) is 5.67. The number of ether oxygens (including phenoxy) is 1. The predicted octanol–water partition coefficient (Wildman–Crippen LogP) is 2.27. The van der Waals surface area contributed by atoms with E-state index in [1.165, 1.54) is 11.1 Å². The van der Waals surface area contributed by atoms with Crippen LogP contribution in [0.4, 0.5) is 0 Å². The highest BCUT2D eigenvalue weighted by Crippen LogP contribution is 2.16. The zero-order chi connectivity index (χ0) is 15.3. The Bertz CT molecular complexity index is 449. The van der Waals surface area contributed by atoms with Gasteiger partial charge in [0.1, 0.15) is 12.4 Å². The maximum absolute atomic E-state index is 12.1. The molecule has 1 atom stereocenters. The van der Waals surface area contributed by atoms with E-state index in [2.05, 4.69) is 6.07 Å². The largest absolute Gasteiger partial charge is 0.492 e. The Morgan fingerprint density at radius 3 is 2.35 bits per heavy atom. The molecule has 1 aromatic rings. The summed E-state index contributed by atoms with van der Waals surface area (Å²) in [5.41, 5.74) is 7.50. The van der Waals surface area contributed by atoms with Gasteiger partial charge in [0.15, 0.2) is 0 Å². The van der Waals surface area contributed by atoms with Gasteiger partial charge >= 0.3 is 0 Å². The summed E-state index contributed by atoms with van der Waals surface area (Å²) in [7, 11) is 1.76. The zero-order valence-corrected chi connectivity index (χ0v) is 13.2. The molecule has 112 valence electrons. The Morgan fingerprint density at radius 2 is 1.85 bits per heavy atom. The molecule has 1 amide bonds. The van der Waals surface area contributed by atoms with Crippen molar-refractivity contribution in [2.24, 2.45) is 5.73 Å². The van der Waals surface area contributed by atoms with Crippen LogP contribution in [0.1, 0.15) is 31.4 Å². The molecule has 20 heavy (non-hydrogen) atoms. The first kappa shape index (κ1) is 16.5. The number of nitrogens with two attached hydrogens (primary N) is 1. The van der Waals surface area contributed by atoms with Gasteiger partial charge in [0.25, 0.3) is 0 Å². The molecule has 0 aliphatic carbocycles. The number of rotatable bonds is 6. The summed E-state index contributed by atoms with van der Waals surface area (Å²) in [5, 5.41) is 0. The molecule has 2 N–H and O–H groups in total. The Hall–Kier alpha value is -1.55. The predicted molar refractivity (Wildman–Crippen MR) is 81.9 cm³/mol. The number of amides is 1. The van der Waals surface area contributed by atoms with Crippen molar-refractivity contribution in [1.29, 1.82) is 0 Å². The van der Waals surface area contributed by atoms with Gasteiger partial charge in [-0.25, -0.2) is 0 Å². The van der Waals surface area contributed by atoms with Gasteiger partial charge in [0.2, 0.25) is 5.91 Å². The maximum Gasteiger partial charge on any atom is 0.242 e. The molecule has 0 radical (unpaired) electrons.